The molecule has 0 aromatic carbocycles. The van der Waals surface area contributed by atoms with Gasteiger partial charge in [-0.15, -0.1) is 24.8 Å². The van der Waals surface area contributed by atoms with E-state index < -0.39 is 0 Å². The third-order valence-corrected chi connectivity index (χ3v) is 3.26. The summed E-state index contributed by atoms with van der Waals surface area (Å²) >= 11 is 0. The highest BCUT2D eigenvalue weighted by molar-refractivity contribution is 5.85. The Labute approximate surface area is 117 Å². The van der Waals surface area contributed by atoms with Gasteiger partial charge in [0.2, 0.25) is 5.91 Å². The lowest BCUT2D eigenvalue weighted by Crippen LogP contribution is -2.49. The van der Waals surface area contributed by atoms with E-state index in [0.29, 0.717) is 6.04 Å². The third kappa shape index (κ3) is 5.42. The van der Waals surface area contributed by atoms with E-state index in [2.05, 4.69) is 19.0 Å². The molecule has 1 saturated heterocycles. The van der Waals surface area contributed by atoms with Gasteiger partial charge in [0.25, 0.3) is 0 Å². The van der Waals surface area contributed by atoms with Crippen LogP contribution in [0.4, 0.5) is 0 Å². The average Bonchev–Trinajstić information content (AvgIpc) is 2.27. The number of hydrogen-bond acceptors (Lipinski definition) is 3. The maximum Gasteiger partial charge on any atom is 0.239 e. The van der Waals surface area contributed by atoms with Crippen molar-refractivity contribution in [2.75, 3.05) is 27.2 Å². The molecule has 2 N–H and O–H groups in total. The van der Waals surface area contributed by atoms with Gasteiger partial charge in [-0.3, -0.25) is 4.79 Å². The zero-order valence-corrected chi connectivity index (χ0v) is 12.5. The van der Waals surface area contributed by atoms with Crippen LogP contribution in [0.3, 0.4) is 0 Å². The number of amides is 1. The fraction of sp³-hybridized carbons (Fsp3) is 0.909. The number of nitrogens with two attached hydrogens (primary N) is 1. The minimum absolute atomic E-state index is 0. The normalized spacial score (nSPS) is 18.3. The summed E-state index contributed by atoms with van der Waals surface area (Å²) in [4.78, 5) is 15.9. The van der Waals surface area contributed by atoms with Gasteiger partial charge in [0.15, 0.2) is 0 Å². The molecule has 0 bridgehead atoms. The van der Waals surface area contributed by atoms with Crippen molar-refractivity contribution < 1.29 is 4.79 Å². The number of halogens is 2. The Bertz CT molecular complexity index is 219. The molecule has 1 aliphatic heterocycles. The van der Waals surface area contributed by atoms with E-state index in [-0.39, 0.29) is 36.8 Å². The number of likely N-dealkylation sites (tertiary alicyclic amines) is 1. The Morgan fingerprint density at radius 2 is 1.82 bits per heavy atom. The summed E-state index contributed by atoms with van der Waals surface area (Å²) in [5.41, 5.74) is 5.74. The Morgan fingerprint density at radius 3 is 2.18 bits per heavy atom. The predicted octanol–water partition coefficient (Wildman–Crippen LogP) is 1.12. The largest absolute Gasteiger partial charge is 0.341 e. The van der Waals surface area contributed by atoms with Gasteiger partial charge in [-0.25, -0.2) is 0 Å². The Morgan fingerprint density at radius 1 is 1.35 bits per heavy atom. The molecule has 1 fully saturated rings. The highest BCUT2D eigenvalue weighted by Crippen LogP contribution is 2.14. The predicted molar refractivity (Wildman–Crippen MR) is 76.1 cm³/mol. The van der Waals surface area contributed by atoms with Crippen molar-refractivity contribution >= 4 is 30.7 Å². The Kier molecular flexibility index (Phi) is 10.2. The van der Waals surface area contributed by atoms with Crippen LogP contribution in [-0.4, -0.2) is 55.0 Å². The molecule has 0 aromatic rings. The van der Waals surface area contributed by atoms with E-state index in [4.69, 9.17) is 5.73 Å². The van der Waals surface area contributed by atoms with E-state index in [0.717, 1.165) is 32.4 Å². The van der Waals surface area contributed by atoms with Gasteiger partial charge in [0.05, 0.1) is 6.04 Å². The number of hydrogen-bond donors (Lipinski definition) is 1. The van der Waals surface area contributed by atoms with Crippen LogP contribution in [0.2, 0.25) is 0 Å². The number of nitrogens with zero attached hydrogens (tertiary/aromatic N) is 2. The number of piperidine rings is 1. The van der Waals surface area contributed by atoms with Gasteiger partial charge >= 0.3 is 0 Å². The molecule has 1 rings (SSSR count). The van der Waals surface area contributed by atoms with E-state index in [1.54, 1.807) is 0 Å². The summed E-state index contributed by atoms with van der Waals surface area (Å²) in [6.07, 6.45) is 2.86. The molecule has 0 spiro atoms. The summed E-state index contributed by atoms with van der Waals surface area (Å²) in [7, 11) is 4.19. The Balaban J connectivity index is 0. The molecule has 0 radical (unpaired) electrons. The molecule has 0 aromatic heterocycles. The van der Waals surface area contributed by atoms with Crippen LogP contribution in [0.15, 0.2) is 0 Å². The lowest BCUT2D eigenvalue weighted by molar-refractivity contribution is -0.134. The molecule has 17 heavy (non-hydrogen) atoms. The van der Waals surface area contributed by atoms with Crippen LogP contribution in [0.5, 0.6) is 0 Å². The SMILES string of the molecule is CC[C@H](N)C(=O)N1CCC(N(C)C)CC1.Cl.Cl. The first-order chi connectivity index (χ1) is 7.06. The molecular weight excluding hydrogens is 261 g/mol. The summed E-state index contributed by atoms with van der Waals surface area (Å²) < 4.78 is 0. The zero-order valence-electron chi connectivity index (χ0n) is 10.9. The van der Waals surface area contributed by atoms with Gasteiger partial charge < -0.3 is 15.5 Å². The molecule has 1 atom stereocenters. The minimum Gasteiger partial charge on any atom is -0.341 e. The zero-order chi connectivity index (χ0) is 11.4. The quantitative estimate of drug-likeness (QED) is 0.846. The van der Waals surface area contributed by atoms with Crippen molar-refractivity contribution in [3.63, 3.8) is 0 Å². The van der Waals surface area contributed by atoms with Gasteiger partial charge in [0, 0.05) is 19.1 Å². The second kappa shape index (κ2) is 8.97. The van der Waals surface area contributed by atoms with E-state index >= 15 is 0 Å². The number of carbonyl (C=O) groups is 1. The van der Waals surface area contributed by atoms with Crippen molar-refractivity contribution in [2.24, 2.45) is 5.73 Å². The molecule has 0 unspecified atom stereocenters. The summed E-state index contributed by atoms with van der Waals surface area (Å²) in [5.74, 6) is 0.120. The van der Waals surface area contributed by atoms with Crippen LogP contribution < -0.4 is 5.73 Å². The van der Waals surface area contributed by atoms with E-state index in [1.807, 2.05) is 11.8 Å². The smallest absolute Gasteiger partial charge is 0.239 e. The van der Waals surface area contributed by atoms with Crippen LogP contribution in [-0.2, 0) is 4.79 Å². The molecule has 1 amide bonds. The molecule has 0 saturated carbocycles. The molecule has 104 valence electrons. The molecule has 1 aliphatic rings. The third-order valence-electron chi connectivity index (χ3n) is 3.26. The Hall–Kier alpha value is -0.0300. The lowest BCUT2D eigenvalue weighted by Gasteiger charge is -2.36. The highest BCUT2D eigenvalue weighted by atomic mass is 35.5. The summed E-state index contributed by atoms with van der Waals surface area (Å²) in [5, 5.41) is 0. The van der Waals surface area contributed by atoms with Crippen LogP contribution in [0.1, 0.15) is 26.2 Å². The highest BCUT2D eigenvalue weighted by Gasteiger charge is 2.25. The summed E-state index contributed by atoms with van der Waals surface area (Å²) in [6.45, 7) is 3.67. The second-order valence-corrected chi connectivity index (χ2v) is 4.53. The fourth-order valence-electron chi connectivity index (χ4n) is 2.01. The minimum atomic E-state index is -0.305. The van der Waals surface area contributed by atoms with Crippen molar-refractivity contribution in [1.82, 2.24) is 9.80 Å². The maximum atomic E-state index is 11.8. The van der Waals surface area contributed by atoms with Crippen LogP contribution in [0.25, 0.3) is 0 Å². The lowest BCUT2D eigenvalue weighted by atomic mass is 10.0. The van der Waals surface area contributed by atoms with Gasteiger partial charge in [-0.2, -0.15) is 0 Å². The van der Waals surface area contributed by atoms with Crippen molar-refractivity contribution in [2.45, 2.75) is 38.3 Å². The van der Waals surface area contributed by atoms with Crippen LogP contribution in [0, 0.1) is 0 Å². The molecular formula is C11H25Cl2N3O. The summed E-state index contributed by atoms with van der Waals surface area (Å²) in [6, 6.07) is 0.313. The average molecular weight is 286 g/mol. The monoisotopic (exact) mass is 285 g/mol. The van der Waals surface area contributed by atoms with Gasteiger partial charge in [-0.1, -0.05) is 6.92 Å². The van der Waals surface area contributed by atoms with Crippen LogP contribution >= 0.6 is 24.8 Å². The van der Waals surface area contributed by atoms with Crippen molar-refractivity contribution in [3.8, 4) is 0 Å². The molecule has 1 heterocycles. The number of rotatable bonds is 3. The number of carbonyl (C=O) groups excluding carboxylic acids is 1. The second-order valence-electron chi connectivity index (χ2n) is 4.53. The first-order valence-corrected chi connectivity index (χ1v) is 5.77. The molecule has 4 nitrogen and oxygen atoms in total. The molecule has 0 aliphatic carbocycles. The maximum absolute atomic E-state index is 11.8. The first kappa shape index (κ1) is 19.3. The van der Waals surface area contributed by atoms with E-state index in [1.165, 1.54) is 0 Å². The first-order valence-electron chi connectivity index (χ1n) is 5.77. The van der Waals surface area contributed by atoms with Gasteiger partial charge in [-0.05, 0) is 33.4 Å². The van der Waals surface area contributed by atoms with E-state index in [9.17, 15) is 4.79 Å². The molecule has 6 heteroatoms. The topological polar surface area (TPSA) is 49.6 Å². The standard InChI is InChI=1S/C11H23N3O.2ClH/c1-4-10(12)11(15)14-7-5-9(6-8-14)13(2)3;;/h9-10H,4-8,12H2,1-3H3;2*1H/t10-;;/m0../s1. The van der Waals surface area contributed by atoms with Gasteiger partial charge in [0.1, 0.15) is 0 Å². The fourth-order valence-corrected chi connectivity index (χ4v) is 2.01. The van der Waals surface area contributed by atoms with Crippen molar-refractivity contribution in [1.29, 1.82) is 0 Å². The van der Waals surface area contributed by atoms with Crippen molar-refractivity contribution in [3.05, 3.63) is 0 Å².